The van der Waals surface area contributed by atoms with Crippen molar-refractivity contribution in [3.63, 3.8) is 0 Å². The summed E-state index contributed by atoms with van der Waals surface area (Å²) in [7, 11) is 2.03. The van der Waals surface area contributed by atoms with Crippen LogP contribution in [0.2, 0.25) is 0 Å². The van der Waals surface area contributed by atoms with Crippen LogP contribution in [0.1, 0.15) is 17.7 Å². The highest BCUT2D eigenvalue weighted by atomic mass is 15.2. The van der Waals surface area contributed by atoms with Crippen molar-refractivity contribution in [1.82, 2.24) is 19.4 Å². The summed E-state index contributed by atoms with van der Waals surface area (Å²) in [5, 5.41) is 1.30. The molecule has 1 aliphatic rings. The summed E-state index contributed by atoms with van der Waals surface area (Å²) in [6.07, 6.45) is 8.35. The number of hydrogen-bond acceptors (Lipinski definition) is 3. The standard InChI is InChI=1S/C19H22N4/c1-22-12-17(21-14-22)13-23-9-7-15(11-23)10-16-6-8-20-19-5-3-2-4-18(16)19/h2-6,8,12,14-15H,7,9-11,13H2,1H3. The number of likely N-dealkylation sites (tertiary alicyclic amines) is 1. The third kappa shape index (κ3) is 3.13. The van der Waals surface area contributed by atoms with Crippen LogP contribution in [0.25, 0.3) is 10.9 Å². The molecule has 1 aromatic carbocycles. The zero-order valence-electron chi connectivity index (χ0n) is 13.5. The van der Waals surface area contributed by atoms with E-state index >= 15 is 0 Å². The monoisotopic (exact) mass is 306 g/mol. The number of rotatable bonds is 4. The number of hydrogen-bond donors (Lipinski definition) is 0. The van der Waals surface area contributed by atoms with Crippen LogP contribution in [0.15, 0.2) is 49.1 Å². The molecule has 1 aliphatic heterocycles. The predicted octanol–water partition coefficient (Wildman–Crippen LogP) is 3.03. The second kappa shape index (κ2) is 6.13. The number of para-hydroxylation sites is 1. The Morgan fingerprint density at radius 1 is 1.17 bits per heavy atom. The predicted molar refractivity (Wildman–Crippen MR) is 92.0 cm³/mol. The van der Waals surface area contributed by atoms with Crippen molar-refractivity contribution < 1.29 is 0 Å². The smallest absolute Gasteiger partial charge is 0.0947 e. The molecule has 0 bridgehead atoms. The normalized spacial score (nSPS) is 18.7. The minimum absolute atomic E-state index is 0.726. The van der Waals surface area contributed by atoms with Gasteiger partial charge in [0.2, 0.25) is 0 Å². The molecule has 4 heteroatoms. The molecule has 23 heavy (non-hydrogen) atoms. The molecule has 1 atom stereocenters. The summed E-state index contributed by atoms with van der Waals surface area (Å²) in [4.78, 5) is 11.4. The highest BCUT2D eigenvalue weighted by Gasteiger charge is 2.23. The first-order valence-electron chi connectivity index (χ1n) is 8.30. The molecular formula is C19H22N4. The van der Waals surface area contributed by atoms with Gasteiger partial charge in [-0.3, -0.25) is 9.88 Å². The quantitative estimate of drug-likeness (QED) is 0.743. The number of fused-ring (bicyclic) bond motifs is 1. The molecule has 3 heterocycles. The van der Waals surface area contributed by atoms with Gasteiger partial charge in [0.25, 0.3) is 0 Å². The zero-order chi connectivity index (χ0) is 15.6. The van der Waals surface area contributed by atoms with Crippen molar-refractivity contribution in [2.45, 2.75) is 19.4 Å². The van der Waals surface area contributed by atoms with Gasteiger partial charge in [0.1, 0.15) is 0 Å². The van der Waals surface area contributed by atoms with Crippen molar-refractivity contribution >= 4 is 10.9 Å². The van der Waals surface area contributed by atoms with E-state index in [1.165, 1.54) is 29.6 Å². The summed E-state index contributed by atoms with van der Waals surface area (Å²) < 4.78 is 2.02. The number of benzene rings is 1. The lowest BCUT2D eigenvalue weighted by Gasteiger charge is -2.15. The second-order valence-electron chi connectivity index (χ2n) is 6.61. The third-order valence-electron chi connectivity index (χ3n) is 4.76. The first kappa shape index (κ1) is 14.4. The Kier molecular flexibility index (Phi) is 3.83. The number of imidazole rings is 1. The molecular weight excluding hydrogens is 284 g/mol. The molecule has 0 amide bonds. The maximum Gasteiger partial charge on any atom is 0.0947 e. The van der Waals surface area contributed by atoms with Crippen LogP contribution in [0.5, 0.6) is 0 Å². The van der Waals surface area contributed by atoms with Crippen LogP contribution in [-0.4, -0.2) is 32.5 Å². The van der Waals surface area contributed by atoms with E-state index in [1.54, 1.807) is 0 Å². The number of pyridine rings is 1. The molecule has 0 radical (unpaired) electrons. The fraction of sp³-hybridized carbons (Fsp3) is 0.368. The molecule has 2 aromatic heterocycles. The Balaban J connectivity index is 1.43. The summed E-state index contributed by atoms with van der Waals surface area (Å²) in [6, 6.07) is 10.6. The number of aromatic nitrogens is 3. The summed E-state index contributed by atoms with van der Waals surface area (Å²) in [5.41, 5.74) is 3.70. The lowest BCUT2D eigenvalue weighted by Crippen LogP contribution is -2.20. The van der Waals surface area contributed by atoms with Gasteiger partial charge < -0.3 is 4.57 Å². The summed E-state index contributed by atoms with van der Waals surface area (Å²) in [6.45, 7) is 3.30. The van der Waals surface area contributed by atoms with Crippen LogP contribution in [-0.2, 0) is 20.0 Å². The van der Waals surface area contributed by atoms with Crippen LogP contribution in [0, 0.1) is 5.92 Å². The van der Waals surface area contributed by atoms with Crippen LogP contribution in [0.4, 0.5) is 0 Å². The van der Waals surface area contributed by atoms with E-state index in [9.17, 15) is 0 Å². The van der Waals surface area contributed by atoms with E-state index in [4.69, 9.17) is 0 Å². The Bertz CT molecular complexity index is 802. The molecule has 118 valence electrons. The lowest BCUT2D eigenvalue weighted by molar-refractivity contribution is 0.313. The molecule has 0 spiro atoms. The van der Waals surface area contributed by atoms with E-state index < -0.39 is 0 Å². The van der Waals surface area contributed by atoms with E-state index in [-0.39, 0.29) is 0 Å². The van der Waals surface area contributed by atoms with Gasteiger partial charge in [-0.15, -0.1) is 0 Å². The topological polar surface area (TPSA) is 34.0 Å². The van der Waals surface area contributed by atoms with Gasteiger partial charge in [0.15, 0.2) is 0 Å². The van der Waals surface area contributed by atoms with Crippen molar-refractivity contribution in [1.29, 1.82) is 0 Å². The largest absolute Gasteiger partial charge is 0.340 e. The summed E-state index contributed by atoms with van der Waals surface area (Å²) in [5.74, 6) is 0.726. The minimum Gasteiger partial charge on any atom is -0.340 e. The van der Waals surface area contributed by atoms with Gasteiger partial charge in [-0.2, -0.15) is 0 Å². The fourth-order valence-electron chi connectivity index (χ4n) is 3.64. The van der Waals surface area contributed by atoms with Crippen LogP contribution >= 0.6 is 0 Å². The average molecular weight is 306 g/mol. The molecule has 1 saturated heterocycles. The van der Waals surface area contributed by atoms with Crippen molar-refractivity contribution in [3.8, 4) is 0 Å². The zero-order valence-corrected chi connectivity index (χ0v) is 13.5. The molecule has 0 saturated carbocycles. The summed E-state index contributed by atoms with van der Waals surface area (Å²) >= 11 is 0. The van der Waals surface area contributed by atoms with Gasteiger partial charge in [-0.05, 0) is 43.0 Å². The SMILES string of the molecule is Cn1cnc(CN2CCC(Cc3ccnc4ccccc34)C2)c1. The van der Waals surface area contributed by atoms with Gasteiger partial charge in [-0.1, -0.05) is 18.2 Å². The Hall–Kier alpha value is -2.20. The third-order valence-corrected chi connectivity index (χ3v) is 4.76. The maximum atomic E-state index is 4.47. The Morgan fingerprint density at radius 2 is 2.09 bits per heavy atom. The highest BCUT2D eigenvalue weighted by molar-refractivity contribution is 5.81. The van der Waals surface area contributed by atoms with Crippen LogP contribution in [0.3, 0.4) is 0 Å². The molecule has 0 N–H and O–H groups in total. The highest BCUT2D eigenvalue weighted by Crippen LogP contribution is 2.25. The molecule has 1 fully saturated rings. The van der Waals surface area contributed by atoms with E-state index in [0.29, 0.717) is 0 Å². The molecule has 3 aromatic rings. The Morgan fingerprint density at radius 3 is 2.96 bits per heavy atom. The second-order valence-corrected chi connectivity index (χ2v) is 6.61. The van der Waals surface area contributed by atoms with E-state index in [2.05, 4.69) is 51.4 Å². The molecule has 4 rings (SSSR count). The molecule has 0 aliphatic carbocycles. The van der Waals surface area contributed by atoms with E-state index in [0.717, 1.165) is 30.9 Å². The fourth-order valence-corrected chi connectivity index (χ4v) is 3.64. The van der Waals surface area contributed by atoms with Gasteiger partial charge in [0.05, 0.1) is 17.5 Å². The maximum absolute atomic E-state index is 4.47. The lowest BCUT2D eigenvalue weighted by atomic mass is 9.96. The number of nitrogens with zero attached hydrogens (tertiary/aromatic N) is 4. The molecule has 4 nitrogen and oxygen atoms in total. The first-order chi connectivity index (χ1) is 11.3. The van der Waals surface area contributed by atoms with Gasteiger partial charge >= 0.3 is 0 Å². The number of aryl methyl sites for hydroxylation is 1. The van der Waals surface area contributed by atoms with Gasteiger partial charge in [0, 0.05) is 37.9 Å². The van der Waals surface area contributed by atoms with Crippen LogP contribution < -0.4 is 0 Å². The first-order valence-corrected chi connectivity index (χ1v) is 8.30. The minimum atomic E-state index is 0.726. The van der Waals surface area contributed by atoms with Gasteiger partial charge in [-0.25, -0.2) is 4.98 Å². The van der Waals surface area contributed by atoms with Crippen molar-refractivity contribution in [2.75, 3.05) is 13.1 Å². The van der Waals surface area contributed by atoms with Crippen molar-refractivity contribution in [3.05, 3.63) is 60.3 Å². The van der Waals surface area contributed by atoms with E-state index in [1.807, 2.05) is 24.1 Å². The Labute approximate surface area is 136 Å². The average Bonchev–Trinajstić information content (AvgIpc) is 3.17. The molecule has 1 unspecified atom stereocenters. The van der Waals surface area contributed by atoms with Crippen molar-refractivity contribution in [2.24, 2.45) is 13.0 Å².